The standard InChI is InChI=1S/C18H19N5O3/c1-12(24)22-17-8-15-13(9-20-17)10-21-23(15)14-3-5-19-16(7-14)18(25-2)4-6-26-11-18/h3,5,7-10H,4,6,11H2,1-2H3,(H,20,22,24). The molecule has 4 heterocycles. The van der Waals surface area contributed by atoms with Crippen molar-refractivity contribution in [3.05, 3.63) is 42.5 Å². The van der Waals surface area contributed by atoms with Crippen LogP contribution < -0.4 is 5.32 Å². The summed E-state index contributed by atoms with van der Waals surface area (Å²) in [6.07, 6.45) is 5.93. The number of hydrogen-bond donors (Lipinski definition) is 1. The molecule has 0 spiro atoms. The van der Waals surface area contributed by atoms with Crippen LogP contribution in [0.15, 0.2) is 36.8 Å². The van der Waals surface area contributed by atoms with Gasteiger partial charge in [-0.15, -0.1) is 0 Å². The van der Waals surface area contributed by atoms with E-state index in [1.165, 1.54) is 6.92 Å². The Morgan fingerprint density at radius 3 is 2.96 bits per heavy atom. The number of rotatable bonds is 4. The van der Waals surface area contributed by atoms with Gasteiger partial charge in [0.15, 0.2) is 0 Å². The third-order valence-corrected chi connectivity index (χ3v) is 4.59. The lowest BCUT2D eigenvalue weighted by atomic mass is 9.97. The maximum atomic E-state index is 11.3. The van der Waals surface area contributed by atoms with E-state index in [-0.39, 0.29) is 5.91 Å². The lowest BCUT2D eigenvalue weighted by Crippen LogP contribution is -2.30. The molecule has 1 unspecified atom stereocenters. The first kappa shape index (κ1) is 16.6. The van der Waals surface area contributed by atoms with Gasteiger partial charge in [0.25, 0.3) is 0 Å². The van der Waals surface area contributed by atoms with Crippen LogP contribution in [0, 0.1) is 0 Å². The quantitative estimate of drug-likeness (QED) is 0.772. The minimum Gasteiger partial charge on any atom is -0.378 e. The van der Waals surface area contributed by atoms with Crippen molar-refractivity contribution in [2.45, 2.75) is 18.9 Å². The normalized spacial score (nSPS) is 19.8. The second-order valence-electron chi connectivity index (χ2n) is 6.27. The van der Waals surface area contributed by atoms with Gasteiger partial charge in [0.1, 0.15) is 11.4 Å². The average molecular weight is 353 g/mol. The van der Waals surface area contributed by atoms with Gasteiger partial charge in [-0.1, -0.05) is 0 Å². The summed E-state index contributed by atoms with van der Waals surface area (Å²) in [5.41, 5.74) is 1.99. The Morgan fingerprint density at radius 1 is 1.35 bits per heavy atom. The smallest absolute Gasteiger partial charge is 0.222 e. The molecule has 26 heavy (non-hydrogen) atoms. The lowest BCUT2D eigenvalue weighted by Gasteiger charge is -2.25. The van der Waals surface area contributed by atoms with Gasteiger partial charge in [-0.2, -0.15) is 5.10 Å². The molecule has 3 aromatic heterocycles. The number of anilines is 1. The van der Waals surface area contributed by atoms with Gasteiger partial charge in [-0.05, 0) is 12.1 Å². The highest BCUT2D eigenvalue weighted by Crippen LogP contribution is 2.33. The molecule has 1 fully saturated rings. The van der Waals surface area contributed by atoms with Crippen LogP contribution in [0.2, 0.25) is 0 Å². The molecule has 1 atom stereocenters. The van der Waals surface area contributed by atoms with E-state index in [9.17, 15) is 4.79 Å². The van der Waals surface area contributed by atoms with E-state index in [1.54, 1.807) is 36.4 Å². The SMILES string of the molecule is COC1(c2cc(-n3ncc4cnc(NC(C)=O)cc43)ccn2)CCOC1. The minimum absolute atomic E-state index is 0.169. The lowest BCUT2D eigenvalue weighted by molar-refractivity contribution is -0.114. The number of hydrogen-bond acceptors (Lipinski definition) is 6. The molecule has 1 saturated heterocycles. The maximum absolute atomic E-state index is 11.3. The van der Waals surface area contributed by atoms with Crippen molar-refractivity contribution in [1.82, 2.24) is 19.7 Å². The second kappa shape index (κ2) is 6.47. The van der Waals surface area contributed by atoms with Crippen LogP contribution in [0.25, 0.3) is 16.6 Å². The van der Waals surface area contributed by atoms with Gasteiger partial charge < -0.3 is 14.8 Å². The van der Waals surface area contributed by atoms with Crippen molar-refractivity contribution < 1.29 is 14.3 Å². The Bertz CT molecular complexity index is 962. The summed E-state index contributed by atoms with van der Waals surface area (Å²) in [4.78, 5) is 20.0. The van der Waals surface area contributed by atoms with Crippen molar-refractivity contribution in [3.8, 4) is 5.69 Å². The van der Waals surface area contributed by atoms with Gasteiger partial charge >= 0.3 is 0 Å². The number of carbonyl (C=O) groups excluding carboxylic acids is 1. The molecule has 4 rings (SSSR count). The molecule has 1 aliphatic rings. The molecule has 1 aliphatic heterocycles. The topological polar surface area (TPSA) is 91.2 Å². The van der Waals surface area contributed by atoms with E-state index in [0.717, 1.165) is 28.7 Å². The molecular formula is C18H19N5O3. The maximum Gasteiger partial charge on any atom is 0.222 e. The van der Waals surface area contributed by atoms with E-state index in [1.807, 2.05) is 12.1 Å². The summed E-state index contributed by atoms with van der Waals surface area (Å²) in [5.74, 6) is 0.316. The Hall–Kier alpha value is -2.84. The fraction of sp³-hybridized carbons (Fsp3) is 0.333. The van der Waals surface area contributed by atoms with Crippen LogP contribution in [0.4, 0.5) is 5.82 Å². The van der Waals surface area contributed by atoms with Crippen molar-refractivity contribution in [3.63, 3.8) is 0 Å². The highest BCUT2D eigenvalue weighted by atomic mass is 16.5. The highest BCUT2D eigenvalue weighted by Gasteiger charge is 2.38. The highest BCUT2D eigenvalue weighted by molar-refractivity contribution is 5.90. The van der Waals surface area contributed by atoms with E-state index in [2.05, 4.69) is 20.4 Å². The largest absolute Gasteiger partial charge is 0.378 e. The molecule has 0 aliphatic carbocycles. The van der Waals surface area contributed by atoms with Crippen molar-refractivity contribution in [2.24, 2.45) is 0 Å². The van der Waals surface area contributed by atoms with Crippen LogP contribution in [0.1, 0.15) is 19.0 Å². The first-order valence-electron chi connectivity index (χ1n) is 8.32. The Kier molecular flexibility index (Phi) is 4.14. The van der Waals surface area contributed by atoms with Gasteiger partial charge in [0, 0.05) is 50.9 Å². The first-order chi connectivity index (χ1) is 12.6. The fourth-order valence-electron chi connectivity index (χ4n) is 3.19. The third kappa shape index (κ3) is 2.83. The van der Waals surface area contributed by atoms with E-state index in [0.29, 0.717) is 19.0 Å². The molecule has 1 N–H and O–H groups in total. The zero-order valence-corrected chi connectivity index (χ0v) is 14.6. The molecular weight excluding hydrogens is 334 g/mol. The molecule has 3 aromatic rings. The second-order valence-corrected chi connectivity index (χ2v) is 6.27. The number of amides is 1. The van der Waals surface area contributed by atoms with E-state index in [4.69, 9.17) is 9.47 Å². The summed E-state index contributed by atoms with van der Waals surface area (Å²) in [6.45, 7) is 2.58. The number of methoxy groups -OCH3 is 1. The van der Waals surface area contributed by atoms with Crippen LogP contribution >= 0.6 is 0 Å². The molecule has 8 nitrogen and oxygen atoms in total. The monoisotopic (exact) mass is 353 g/mol. The third-order valence-electron chi connectivity index (χ3n) is 4.59. The Balaban J connectivity index is 1.78. The molecule has 134 valence electrons. The summed E-state index contributed by atoms with van der Waals surface area (Å²) in [5, 5.41) is 8.04. The van der Waals surface area contributed by atoms with Gasteiger partial charge in [0.2, 0.25) is 5.91 Å². The number of nitrogens with one attached hydrogen (secondary N) is 1. The zero-order valence-electron chi connectivity index (χ0n) is 14.6. The van der Waals surface area contributed by atoms with Crippen molar-refractivity contribution >= 4 is 22.6 Å². The van der Waals surface area contributed by atoms with Gasteiger partial charge in [0.05, 0.1) is 29.7 Å². The van der Waals surface area contributed by atoms with Crippen LogP contribution in [-0.4, -0.2) is 46.0 Å². The minimum atomic E-state index is -0.526. The molecule has 1 amide bonds. The summed E-state index contributed by atoms with van der Waals surface area (Å²) in [6, 6.07) is 5.64. The van der Waals surface area contributed by atoms with E-state index >= 15 is 0 Å². The Morgan fingerprint density at radius 2 is 2.23 bits per heavy atom. The molecule has 0 aromatic carbocycles. The Labute approximate surface area is 150 Å². The summed E-state index contributed by atoms with van der Waals surface area (Å²) >= 11 is 0. The zero-order chi connectivity index (χ0) is 18.1. The number of carbonyl (C=O) groups is 1. The van der Waals surface area contributed by atoms with Gasteiger partial charge in [-0.25, -0.2) is 9.67 Å². The number of ether oxygens (including phenoxy) is 2. The molecule has 8 heteroatoms. The molecule has 0 radical (unpaired) electrons. The van der Waals surface area contributed by atoms with E-state index < -0.39 is 5.60 Å². The summed E-state index contributed by atoms with van der Waals surface area (Å²) in [7, 11) is 1.68. The van der Waals surface area contributed by atoms with Crippen molar-refractivity contribution in [1.29, 1.82) is 0 Å². The number of fused-ring (bicyclic) bond motifs is 1. The fourth-order valence-corrected chi connectivity index (χ4v) is 3.19. The van der Waals surface area contributed by atoms with Gasteiger partial charge in [-0.3, -0.25) is 9.78 Å². The first-order valence-corrected chi connectivity index (χ1v) is 8.32. The predicted molar refractivity (Wildman–Crippen MR) is 95.1 cm³/mol. The summed E-state index contributed by atoms with van der Waals surface area (Å²) < 4.78 is 13.1. The number of aromatic nitrogens is 4. The van der Waals surface area contributed by atoms with Crippen molar-refractivity contribution in [2.75, 3.05) is 25.6 Å². The average Bonchev–Trinajstić information content (AvgIpc) is 3.29. The van der Waals surface area contributed by atoms with Crippen LogP contribution in [0.3, 0.4) is 0 Å². The number of pyridine rings is 2. The van der Waals surface area contributed by atoms with Crippen LogP contribution in [0.5, 0.6) is 0 Å². The predicted octanol–water partition coefficient (Wildman–Crippen LogP) is 2.04. The molecule has 0 saturated carbocycles. The van der Waals surface area contributed by atoms with Crippen LogP contribution in [-0.2, 0) is 19.9 Å². The molecule has 0 bridgehead atoms. The number of nitrogens with zero attached hydrogens (tertiary/aromatic N) is 4.